The molecule has 0 radical (unpaired) electrons. The number of piperidine rings is 2. The smallest absolute Gasteiger partial charge is 0.214 e. The lowest BCUT2D eigenvalue weighted by molar-refractivity contribution is 0.196. The van der Waals surface area contributed by atoms with Crippen LogP contribution in [0.5, 0.6) is 0 Å². The van der Waals surface area contributed by atoms with Crippen LogP contribution in [0.4, 0.5) is 0 Å². The summed E-state index contributed by atoms with van der Waals surface area (Å²) >= 11 is 0. The highest BCUT2D eigenvalue weighted by molar-refractivity contribution is 7.89. The maximum atomic E-state index is 12.4. The Balaban J connectivity index is 1.86. The summed E-state index contributed by atoms with van der Waals surface area (Å²) in [5, 5.41) is 3.28. The predicted octanol–water partition coefficient (Wildman–Crippen LogP) is 0.342. The lowest BCUT2D eigenvalue weighted by Crippen LogP contribution is -2.46. The van der Waals surface area contributed by atoms with E-state index in [0.29, 0.717) is 30.8 Å². The van der Waals surface area contributed by atoms with Gasteiger partial charge in [0, 0.05) is 19.1 Å². The molecule has 0 unspecified atom stereocenters. The van der Waals surface area contributed by atoms with Gasteiger partial charge in [0.15, 0.2) is 0 Å². The molecule has 2 heterocycles. The van der Waals surface area contributed by atoms with Crippen LogP contribution >= 0.6 is 0 Å². The zero-order valence-electron chi connectivity index (χ0n) is 12.1. The van der Waals surface area contributed by atoms with Crippen LogP contribution in [0.15, 0.2) is 0 Å². The van der Waals surface area contributed by atoms with Gasteiger partial charge in [-0.3, -0.25) is 0 Å². The molecule has 112 valence electrons. The number of rotatable bonds is 4. The van der Waals surface area contributed by atoms with E-state index < -0.39 is 10.0 Å². The third-order valence-corrected chi connectivity index (χ3v) is 6.50. The Morgan fingerprint density at radius 1 is 1.11 bits per heavy atom. The van der Waals surface area contributed by atoms with Crippen LogP contribution in [0.2, 0.25) is 0 Å². The summed E-state index contributed by atoms with van der Waals surface area (Å²) in [6.45, 7) is 3.30. The normalized spacial score (nSPS) is 25.0. The third-order valence-electron chi connectivity index (χ3n) is 4.45. The van der Waals surface area contributed by atoms with Crippen molar-refractivity contribution < 1.29 is 8.42 Å². The van der Waals surface area contributed by atoms with Crippen molar-refractivity contribution in [1.82, 2.24) is 14.5 Å². The van der Waals surface area contributed by atoms with Gasteiger partial charge in [-0.25, -0.2) is 12.7 Å². The molecule has 0 aliphatic carbocycles. The number of hydrogen-bond donors (Lipinski definition) is 1. The van der Waals surface area contributed by atoms with Gasteiger partial charge in [0.2, 0.25) is 10.0 Å². The van der Waals surface area contributed by atoms with E-state index in [4.69, 9.17) is 0 Å². The predicted molar refractivity (Wildman–Crippen MR) is 77.7 cm³/mol. The molecule has 0 bridgehead atoms. The molecular formula is C13H27N3O2S. The van der Waals surface area contributed by atoms with Gasteiger partial charge in [0.05, 0.1) is 5.75 Å². The van der Waals surface area contributed by atoms with E-state index >= 15 is 0 Å². The zero-order chi connectivity index (χ0) is 13.9. The SMILES string of the molecule is CN(C)C1CCN(S(=O)(=O)CC2CCNCC2)CC1. The molecule has 2 saturated heterocycles. The van der Waals surface area contributed by atoms with E-state index in [1.54, 1.807) is 4.31 Å². The highest BCUT2D eigenvalue weighted by Crippen LogP contribution is 2.21. The second-order valence-electron chi connectivity index (χ2n) is 6.07. The van der Waals surface area contributed by atoms with Crippen molar-refractivity contribution in [3.05, 3.63) is 0 Å². The van der Waals surface area contributed by atoms with E-state index in [9.17, 15) is 8.42 Å². The standard InChI is InChI=1S/C13H27N3O2S/c1-15(2)13-5-9-16(10-6-13)19(17,18)11-12-3-7-14-8-4-12/h12-14H,3-11H2,1-2H3. The lowest BCUT2D eigenvalue weighted by atomic mass is 10.0. The Bertz CT molecular complexity index is 369. The van der Waals surface area contributed by atoms with Gasteiger partial charge in [-0.1, -0.05) is 0 Å². The Kier molecular flexibility index (Phi) is 5.22. The molecule has 0 atom stereocenters. The number of nitrogens with zero attached hydrogens (tertiary/aromatic N) is 2. The van der Waals surface area contributed by atoms with Gasteiger partial charge in [-0.2, -0.15) is 0 Å². The summed E-state index contributed by atoms with van der Waals surface area (Å²) in [6.07, 6.45) is 3.90. The number of sulfonamides is 1. The summed E-state index contributed by atoms with van der Waals surface area (Å²) in [5.74, 6) is 0.694. The molecule has 0 aromatic heterocycles. The van der Waals surface area contributed by atoms with Gasteiger partial charge in [-0.15, -0.1) is 0 Å². The highest BCUT2D eigenvalue weighted by Gasteiger charge is 2.31. The van der Waals surface area contributed by atoms with Crippen molar-refractivity contribution in [2.75, 3.05) is 46.0 Å². The van der Waals surface area contributed by atoms with E-state index in [1.165, 1.54) is 0 Å². The zero-order valence-corrected chi connectivity index (χ0v) is 13.0. The molecule has 0 aromatic carbocycles. The van der Waals surface area contributed by atoms with E-state index in [2.05, 4.69) is 24.3 Å². The summed E-state index contributed by atoms with van der Waals surface area (Å²) in [5.41, 5.74) is 0. The first-order valence-electron chi connectivity index (χ1n) is 7.34. The second-order valence-corrected chi connectivity index (χ2v) is 8.08. The maximum absolute atomic E-state index is 12.4. The molecule has 2 aliphatic heterocycles. The topological polar surface area (TPSA) is 52.7 Å². The first kappa shape index (κ1) is 15.2. The van der Waals surface area contributed by atoms with Crippen molar-refractivity contribution in [3.8, 4) is 0 Å². The van der Waals surface area contributed by atoms with E-state index in [1.807, 2.05) is 0 Å². The van der Waals surface area contributed by atoms with Crippen LogP contribution in [0.3, 0.4) is 0 Å². The Labute approximate surface area is 117 Å². The number of hydrogen-bond acceptors (Lipinski definition) is 4. The molecule has 0 saturated carbocycles. The quantitative estimate of drug-likeness (QED) is 0.811. The van der Waals surface area contributed by atoms with Gasteiger partial charge >= 0.3 is 0 Å². The second kappa shape index (κ2) is 6.52. The summed E-state index contributed by atoms with van der Waals surface area (Å²) in [6, 6.07) is 0.533. The van der Waals surface area contributed by atoms with Crippen LogP contribution in [0.1, 0.15) is 25.7 Å². The van der Waals surface area contributed by atoms with Gasteiger partial charge in [0.25, 0.3) is 0 Å². The average Bonchev–Trinajstić information content (AvgIpc) is 2.39. The molecule has 0 aromatic rings. The fourth-order valence-corrected chi connectivity index (χ4v) is 5.00. The Morgan fingerprint density at radius 3 is 2.21 bits per heavy atom. The van der Waals surface area contributed by atoms with Crippen LogP contribution < -0.4 is 5.32 Å². The van der Waals surface area contributed by atoms with Gasteiger partial charge < -0.3 is 10.2 Å². The Morgan fingerprint density at radius 2 is 1.68 bits per heavy atom. The third kappa shape index (κ3) is 4.15. The minimum Gasteiger partial charge on any atom is -0.317 e. The van der Waals surface area contributed by atoms with Crippen LogP contribution in [0.25, 0.3) is 0 Å². The van der Waals surface area contributed by atoms with Gasteiger partial charge in [-0.05, 0) is 58.8 Å². The molecule has 0 amide bonds. The molecule has 1 N–H and O–H groups in total. The fraction of sp³-hybridized carbons (Fsp3) is 1.00. The van der Waals surface area contributed by atoms with E-state index in [0.717, 1.165) is 38.8 Å². The molecule has 19 heavy (non-hydrogen) atoms. The molecule has 6 heteroatoms. The molecule has 5 nitrogen and oxygen atoms in total. The molecule has 2 aliphatic rings. The van der Waals surface area contributed by atoms with E-state index in [-0.39, 0.29) is 0 Å². The van der Waals surface area contributed by atoms with Crippen LogP contribution in [-0.2, 0) is 10.0 Å². The Hall–Kier alpha value is -0.170. The van der Waals surface area contributed by atoms with Crippen LogP contribution in [0, 0.1) is 5.92 Å². The van der Waals surface area contributed by atoms with Crippen molar-refractivity contribution >= 4 is 10.0 Å². The maximum Gasteiger partial charge on any atom is 0.214 e. The molecule has 2 fully saturated rings. The summed E-state index contributed by atoms with van der Waals surface area (Å²) in [4.78, 5) is 2.21. The van der Waals surface area contributed by atoms with Crippen molar-refractivity contribution in [1.29, 1.82) is 0 Å². The fourth-order valence-electron chi connectivity index (χ4n) is 3.09. The minimum atomic E-state index is -3.05. The molecule has 0 spiro atoms. The summed E-state index contributed by atoms with van der Waals surface area (Å²) in [7, 11) is 1.10. The lowest BCUT2D eigenvalue weighted by Gasteiger charge is -2.35. The highest BCUT2D eigenvalue weighted by atomic mass is 32.2. The van der Waals surface area contributed by atoms with Crippen molar-refractivity contribution in [3.63, 3.8) is 0 Å². The van der Waals surface area contributed by atoms with Gasteiger partial charge in [0.1, 0.15) is 0 Å². The molecular weight excluding hydrogens is 262 g/mol. The molecule has 2 rings (SSSR count). The first-order chi connectivity index (χ1) is 8.99. The van der Waals surface area contributed by atoms with Crippen LogP contribution in [-0.4, -0.2) is 69.7 Å². The minimum absolute atomic E-state index is 0.345. The average molecular weight is 289 g/mol. The number of nitrogens with one attached hydrogen (secondary N) is 1. The summed E-state index contributed by atoms with van der Waals surface area (Å²) < 4.78 is 26.6. The largest absolute Gasteiger partial charge is 0.317 e. The monoisotopic (exact) mass is 289 g/mol. The van der Waals surface area contributed by atoms with Crippen molar-refractivity contribution in [2.45, 2.75) is 31.7 Å². The van der Waals surface area contributed by atoms with Crippen molar-refractivity contribution in [2.24, 2.45) is 5.92 Å². The first-order valence-corrected chi connectivity index (χ1v) is 8.95.